The van der Waals surface area contributed by atoms with Crippen LogP contribution in [0.3, 0.4) is 0 Å². The molecule has 0 heterocycles. The van der Waals surface area contributed by atoms with Gasteiger partial charge in [-0.15, -0.1) is 0 Å². The molecule has 1 aromatic carbocycles. The minimum Gasteiger partial charge on any atom is -0.468 e. The first-order valence-electron chi connectivity index (χ1n) is 6.39. The third kappa shape index (κ3) is 6.16. The average molecular weight is 343 g/mol. The molecule has 0 aliphatic heterocycles. The van der Waals surface area contributed by atoms with E-state index in [-0.39, 0.29) is 25.0 Å². The number of benzene rings is 1. The Morgan fingerprint density at radius 1 is 1.35 bits per heavy atom. The van der Waals surface area contributed by atoms with Crippen LogP contribution in [0.15, 0.2) is 28.7 Å². The molecular weight excluding hydrogens is 324 g/mol. The topological polar surface area (TPSA) is 58.6 Å². The van der Waals surface area contributed by atoms with Gasteiger partial charge in [0.2, 0.25) is 5.91 Å². The fourth-order valence-corrected chi connectivity index (χ4v) is 2.15. The molecule has 5 nitrogen and oxygen atoms in total. The van der Waals surface area contributed by atoms with E-state index in [1.807, 2.05) is 31.2 Å². The number of carbonyl (C=O) groups excluding carboxylic acids is 2. The smallest absolute Gasteiger partial charge is 0.319 e. The van der Waals surface area contributed by atoms with Crippen molar-refractivity contribution >= 4 is 33.5 Å². The fourth-order valence-electron chi connectivity index (χ4n) is 1.75. The van der Waals surface area contributed by atoms with E-state index >= 15 is 0 Å². The Hall–Kier alpha value is -1.40. The van der Waals surface area contributed by atoms with Crippen molar-refractivity contribution in [3.8, 4) is 0 Å². The third-order valence-electron chi connectivity index (χ3n) is 2.60. The van der Waals surface area contributed by atoms with Gasteiger partial charge in [0.05, 0.1) is 20.2 Å². The number of anilines is 1. The monoisotopic (exact) mass is 342 g/mol. The van der Waals surface area contributed by atoms with E-state index in [0.717, 1.165) is 16.6 Å². The van der Waals surface area contributed by atoms with E-state index in [2.05, 4.69) is 26.0 Å². The molecule has 0 saturated heterocycles. The lowest BCUT2D eigenvalue weighted by Gasteiger charge is -2.19. The Morgan fingerprint density at radius 3 is 2.70 bits per heavy atom. The second kappa shape index (κ2) is 8.71. The molecule has 0 aliphatic carbocycles. The number of nitrogens with zero attached hydrogens (tertiary/aromatic N) is 1. The summed E-state index contributed by atoms with van der Waals surface area (Å²) in [5, 5.41) is 2.80. The fraction of sp³-hybridized carbons (Fsp3) is 0.429. The average Bonchev–Trinajstić information content (AvgIpc) is 2.38. The molecule has 0 aromatic heterocycles. The Balaban J connectivity index is 2.55. The molecule has 0 saturated carbocycles. The summed E-state index contributed by atoms with van der Waals surface area (Å²) in [6.45, 7) is 2.95. The highest BCUT2D eigenvalue weighted by Crippen LogP contribution is 2.15. The molecule has 0 fully saturated rings. The zero-order valence-electron chi connectivity index (χ0n) is 11.7. The number of halogens is 1. The highest BCUT2D eigenvalue weighted by Gasteiger charge is 2.14. The standard InChI is InChI=1S/C14H19BrN2O3/c1-3-7-17(10-14(19)20-2)9-13(18)16-12-6-4-5-11(15)8-12/h4-6,8H,3,7,9-10H2,1-2H3,(H,16,18). The van der Waals surface area contributed by atoms with Crippen molar-refractivity contribution in [2.45, 2.75) is 13.3 Å². The van der Waals surface area contributed by atoms with Crippen LogP contribution in [0.4, 0.5) is 5.69 Å². The van der Waals surface area contributed by atoms with Gasteiger partial charge in [0.25, 0.3) is 0 Å². The van der Waals surface area contributed by atoms with Crippen LogP contribution in [-0.2, 0) is 14.3 Å². The van der Waals surface area contributed by atoms with E-state index in [0.29, 0.717) is 6.54 Å². The maximum atomic E-state index is 12.0. The molecule has 0 radical (unpaired) electrons. The molecule has 0 atom stereocenters. The lowest BCUT2D eigenvalue weighted by Crippen LogP contribution is -2.37. The number of methoxy groups -OCH3 is 1. The van der Waals surface area contributed by atoms with Gasteiger partial charge in [-0.05, 0) is 31.2 Å². The molecule has 110 valence electrons. The lowest BCUT2D eigenvalue weighted by molar-refractivity contribution is -0.142. The quantitative estimate of drug-likeness (QED) is 0.772. The molecule has 1 rings (SSSR count). The first-order valence-corrected chi connectivity index (χ1v) is 7.19. The van der Waals surface area contributed by atoms with Gasteiger partial charge in [-0.2, -0.15) is 0 Å². The molecule has 1 aromatic rings. The van der Waals surface area contributed by atoms with Gasteiger partial charge >= 0.3 is 5.97 Å². The minimum absolute atomic E-state index is 0.121. The van der Waals surface area contributed by atoms with Crippen molar-refractivity contribution in [2.24, 2.45) is 0 Å². The normalized spacial score (nSPS) is 10.4. The number of carbonyl (C=O) groups is 2. The maximum absolute atomic E-state index is 12.0. The van der Waals surface area contributed by atoms with Crippen LogP contribution in [0.1, 0.15) is 13.3 Å². The van der Waals surface area contributed by atoms with Crippen molar-refractivity contribution in [3.63, 3.8) is 0 Å². The SMILES string of the molecule is CCCN(CC(=O)Nc1cccc(Br)c1)CC(=O)OC. The Morgan fingerprint density at radius 2 is 2.10 bits per heavy atom. The van der Waals surface area contributed by atoms with Crippen LogP contribution in [-0.4, -0.2) is 43.5 Å². The number of esters is 1. The van der Waals surface area contributed by atoms with Gasteiger partial charge in [0, 0.05) is 10.2 Å². The van der Waals surface area contributed by atoms with Gasteiger partial charge in [-0.25, -0.2) is 0 Å². The largest absolute Gasteiger partial charge is 0.468 e. The van der Waals surface area contributed by atoms with Gasteiger partial charge in [-0.1, -0.05) is 28.9 Å². The maximum Gasteiger partial charge on any atom is 0.319 e. The van der Waals surface area contributed by atoms with Crippen LogP contribution in [0, 0.1) is 0 Å². The predicted octanol–water partition coefficient (Wildman–Crippen LogP) is 2.27. The van der Waals surface area contributed by atoms with Crippen LogP contribution in [0.2, 0.25) is 0 Å². The zero-order valence-corrected chi connectivity index (χ0v) is 13.3. The van der Waals surface area contributed by atoms with E-state index in [9.17, 15) is 9.59 Å². The molecule has 0 unspecified atom stereocenters. The second-order valence-corrected chi connectivity index (χ2v) is 5.26. The van der Waals surface area contributed by atoms with E-state index in [1.54, 1.807) is 4.90 Å². The summed E-state index contributed by atoms with van der Waals surface area (Å²) >= 11 is 3.35. The van der Waals surface area contributed by atoms with Crippen molar-refractivity contribution in [2.75, 3.05) is 32.1 Å². The van der Waals surface area contributed by atoms with Gasteiger partial charge in [0.1, 0.15) is 0 Å². The van der Waals surface area contributed by atoms with Crippen LogP contribution < -0.4 is 5.32 Å². The highest BCUT2D eigenvalue weighted by molar-refractivity contribution is 9.10. The molecule has 20 heavy (non-hydrogen) atoms. The van der Waals surface area contributed by atoms with E-state index < -0.39 is 0 Å². The van der Waals surface area contributed by atoms with Crippen LogP contribution in [0.5, 0.6) is 0 Å². The Labute approximate surface area is 127 Å². The summed E-state index contributed by atoms with van der Waals surface area (Å²) < 4.78 is 5.52. The number of ether oxygens (including phenoxy) is 1. The summed E-state index contributed by atoms with van der Waals surface area (Å²) in [5.41, 5.74) is 0.721. The van der Waals surface area contributed by atoms with Crippen molar-refractivity contribution < 1.29 is 14.3 Å². The summed E-state index contributed by atoms with van der Waals surface area (Å²) in [6, 6.07) is 7.36. The summed E-state index contributed by atoms with van der Waals surface area (Å²) in [7, 11) is 1.34. The van der Waals surface area contributed by atoms with E-state index in [1.165, 1.54) is 7.11 Å². The Bertz CT molecular complexity index is 465. The summed E-state index contributed by atoms with van der Waals surface area (Å²) in [6.07, 6.45) is 0.862. The molecule has 0 bridgehead atoms. The lowest BCUT2D eigenvalue weighted by atomic mass is 10.3. The molecule has 6 heteroatoms. The number of hydrogen-bond donors (Lipinski definition) is 1. The third-order valence-corrected chi connectivity index (χ3v) is 3.09. The zero-order chi connectivity index (χ0) is 15.0. The minimum atomic E-state index is -0.339. The first-order chi connectivity index (χ1) is 9.55. The molecule has 0 aliphatic rings. The summed E-state index contributed by atoms with van der Waals surface area (Å²) in [4.78, 5) is 25.0. The summed E-state index contributed by atoms with van der Waals surface area (Å²) in [5.74, 6) is -0.492. The second-order valence-electron chi connectivity index (χ2n) is 4.35. The number of rotatable bonds is 7. The predicted molar refractivity (Wildman–Crippen MR) is 81.5 cm³/mol. The van der Waals surface area contributed by atoms with E-state index in [4.69, 9.17) is 0 Å². The first kappa shape index (κ1) is 16.7. The van der Waals surface area contributed by atoms with Crippen molar-refractivity contribution in [3.05, 3.63) is 28.7 Å². The molecule has 0 spiro atoms. The highest BCUT2D eigenvalue weighted by atomic mass is 79.9. The molecular formula is C14H19BrN2O3. The number of amides is 1. The molecule has 1 amide bonds. The Kier molecular flexibility index (Phi) is 7.25. The number of hydrogen-bond acceptors (Lipinski definition) is 4. The van der Waals surface area contributed by atoms with Crippen LogP contribution in [0.25, 0.3) is 0 Å². The van der Waals surface area contributed by atoms with Gasteiger partial charge in [-0.3, -0.25) is 14.5 Å². The van der Waals surface area contributed by atoms with Crippen molar-refractivity contribution in [1.82, 2.24) is 4.90 Å². The van der Waals surface area contributed by atoms with Gasteiger partial charge < -0.3 is 10.1 Å². The van der Waals surface area contributed by atoms with Crippen LogP contribution >= 0.6 is 15.9 Å². The van der Waals surface area contributed by atoms with Crippen molar-refractivity contribution in [1.29, 1.82) is 0 Å². The molecule has 1 N–H and O–H groups in total. The number of nitrogens with one attached hydrogen (secondary N) is 1. The van der Waals surface area contributed by atoms with Gasteiger partial charge in [0.15, 0.2) is 0 Å².